The molecule has 2 N–H and O–H groups in total. The number of hydrogen-bond acceptors (Lipinski definition) is 3. The van der Waals surface area contributed by atoms with Gasteiger partial charge >= 0.3 is 5.97 Å². The highest BCUT2D eigenvalue weighted by Gasteiger charge is 2.43. The van der Waals surface area contributed by atoms with Crippen LogP contribution < -0.4 is 0 Å². The number of rotatable bonds is 6. The van der Waals surface area contributed by atoms with Crippen molar-refractivity contribution >= 4 is 11.8 Å². The van der Waals surface area contributed by atoms with Gasteiger partial charge in [-0.3, -0.25) is 9.59 Å². The number of aliphatic carboxylic acids is 1. The Morgan fingerprint density at radius 1 is 1.25 bits per heavy atom. The molecule has 0 radical (unpaired) electrons. The number of hydrogen-bond donors (Lipinski definition) is 2. The Balaban J connectivity index is 5.03. The van der Waals surface area contributed by atoms with Crippen molar-refractivity contribution in [2.45, 2.75) is 25.9 Å². The molecule has 0 spiro atoms. The number of quaternary nitrogens is 1. The van der Waals surface area contributed by atoms with Gasteiger partial charge in [-0.15, -0.1) is 0 Å². The van der Waals surface area contributed by atoms with E-state index in [2.05, 4.69) is 0 Å². The van der Waals surface area contributed by atoms with Crippen LogP contribution in [0.2, 0.25) is 0 Å². The van der Waals surface area contributed by atoms with E-state index in [0.29, 0.717) is 4.48 Å². The summed E-state index contributed by atoms with van der Waals surface area (Å²) in [5.41, 5.74) is -1.78. The van der Waals surface area contributed by atoms with Crippen LogP contribution >= 0.6 is 0 Å². The fourth-order valence-corrected chi connectivity index (χ4v) is 1.79. The first kappa shape index (κ1) is 15.1. The molecule has 1 atom stereocenters. The number of carboxylic acids is 1. The molecule has 16 heavy (non-hydrogen) atoms. The van der Waals surface area contributed by atoms with Crippen molar-refractivity contribution in [2.75, 3.05) is 27.7 Å². The number of nitrogens with zero attached hydrogens (tertiary/aromatic N) is 1. The first-order valence-corrected chi connectivity index (χ1v) is 5.27. The first-order chi connectivity index (χ1) is 6.98. The topological polar surface area (TPSA) is 74.6 Å². The van der Waals surface area contributed by atoms with E-state index >= 15 is 0 Å². The lowest BCUT2D eigenvalue weighted by Crippen LogP contribution is -2.56. The van der Waals surface area contributed by atoms with Crippen LogP contribution in [0.5, 0.6) is 0 Å². The van der Waals surface area contributed by atoms with Crippen LogP contribution in [-0.2, 0) is 9.59 Å². The van der Waals surface area contributed by atoms with Crippen molar-refractivity contribution in [3.8, 4) is 0 Å². The molecule has 0 saturated heterocycles. The molecule has 0 unspecified atom stereocenters. The third-order valence-electron chi connectivity index (χ3n) is 2.16. The highest BCUT2D eigenvalue weighted by atomic mass is 16.4. The summed E-state index contributed by atoms with van der Waals surface area (Å²) in [7, 11) is 5.42. The summed E-state index contributed by atoms with van der Waals surface area (Å²) in [5.74, 6) is -1.95. The highest BCUT2D eigenvalue weighted by Crippen LogP contribution is 2.20. The molecule has 5 heteroatoms. The Morgan fingerprint density at radius 2 is 1.69 bits per heavy atom. The quantitative estimate of drug-likeness (QED) is 0.638. The molecule has 94 valence electrons. The summed E-state index contributed by atoms with van der Waals surface area (Å²) in [6, 6.07) is 0. The van der Waals surface area contributed by atoms with Gasteiger partial charge in [-0.1, -0.05) is 13.8 Å². The van der Waals surface area contributed by atoms with Gasteiger partial charge in [0, 0.05) is 5.92 Å². The molecule has 0 aliphatic heterocycles. The van der Waals surface area contributed by atoms with Gasteiger partial charge in [-0.2, -0.15) is 0 Å². The maximum atomic E-state index is 11.9. The summed E-state index contributed by atoms with van der Waals surface area (Å²) >= 11 is 0. The predicted molar refractivity (Wildman–Crippen MR) is 59.9 cm³/mol. The minimum atomic E-state index is -1.78. The Morgan fingerprint density at radius 3 is 1.94 bits per heavy atom. The second-order valence-electron chi connectivity index (χ2n) is 5.57. The third kappa shape index (κ3) is 4.72. The third-order valence-corrected chi connectivity index (χ3v) is 2.16. The van der Waals surface area contributed by atoms with E-state index < -0.39 is 23.8 Å². The molecule has 0 amide bonds. The molecule has 0 aromatic rings. The Kier molecular flexibility index (Phi) is 4.64. The fraction of sp³-hybridized carbons (Fsp3) is 0.818. The normalized spacial score (nSPS) is 15.9. The monoisotopic (exact) mass is 232 g/mol. The Labute approximate surface area is 96.3 Å². The van der Waals surface area contributed by atoms with Gasteiger partial charge in [0.2, 0.25) is 0 Å². The van der Waals surface area contributed by atoms with E-state index in [-0.39, 0.29) is 12.5 Å². The predicted octanol–water partition coefficient (Wildman–Crippen LogP) is 0.123. The van der Waals surface area contributed by atoms with Crippen LogP contribution in [0, 0.1) is 5.92 Å². The molecule has 0 aromatic heterocycles. The Hall–Kier alpha value is -0.940. The number of ketones is 1. The van der Waals surface area contributed by atoms with Crippen molar-refractivity contribution in [3.05, 3.63) is 0 Å². The lowest BCUT2D eigenvalue weighted by molar-refractivity contribution is -0.875. The molecule has 0 fully saturated rings. The van der Waals surface area contributed by atoms with Crippen LogP contribution in [-0.4, -0.2) is 59.7 Å². The van der Waals surface area contributed by atoms with Crippen molar-refractivity contribution in [2.24, 2.45) is 5.92 Å². The molecule has 0 aliphatic rings. The summed E-state index contributed by atoms with van der Waals surface area (Å²) in [6.45, 7) is 3.41. The molecule has 0 rings (SSSR count). The minimum Gasteiger partial charge on any atom is -0.481 e. The zero-order valence-electron chi connectivity index (χ0n) is 10.6. The number of likely N-dealkylation sites (N-methyl/N-ethyl adjacent to an activating group) is 1. The van der Waals surface area contributed by atoms with Crippen molar-refractivity contribution in [3.63, 3.8) is 0 Å². The van der Waals surface area contributed by atoms with E-state index in [1.165, 1.54) is 0 Å². The summed E-state index contributed by atoms with van der Waals surface area (Å²) in [6.07, 6.45) is -0.542. The lowest BCUT2D eigenvalue weighted by atomic mass is 9.87. The molecule has 0 heterocycles. The molecular formula is C11H22NO4+. The Bertz CT molecular complexity index is 280. The molecule has 0 bridgehead atoms. The maximum absolute atomic E-state index is 11.9. The highest BCUT2D eigenvalue weighted by molar-refractivity contribution is 5.92. The van der Waals surface area contributed by atoms with Gasteiger partial charge in [-0.25, -0.2) is 0 Å². The number of aliphatic hydroxyl groups is 1. The van der Waals surface area contributed by atoms with Gasteiger partial charge in [0.05, 0.1) is 27.6 Å². The van der Waals surface area contributed by atoms with Crippen LogP contribution in [0.3, 0.4) is 0 Å². The van der Waals surface area contributed by atoms with Gasteiger partial charge < -0.3 is 14.7 Å². The van der Waals surface area contributed by atoms with Crippen molar-refractivity contribution in [1.82, 2.24) is 0 Å². The fourth-order valence-electron chi connectivity index (χ4n) is 1.79. The number of carboxylic acid groups (broad SMARTS) is 1. The average Bonchev–Trinajstić information content (AvgIpc) is 1.96. The van der Waals surface area contributed by atoms with Gasteiger partial charge in [0.15, 0.2) is 11.4 Å². The number of Topliss-reactive ketones (excluding diaryl/α,β-unsaturated/α-hetero) is 1. The maximum Gasteiger partial charge on any atom is 0.306 e. The second-order valence-corrected chi connectivity index (χ2v) is 5.57. The zero-order valence-corrected chi connectivity index (χ0v) is 10.6. The van der Waals surface area contributed by atoms with E-state index in [1.54, 1.807) is 35.0 Å². The summed E-state index contributed by atoms with van der Waals surface area (Å²) in [4.78, 5) is 22.6. The van der Waals surface area contributed by atoms with Crippen molar-refractivity contribution in [1.29, 1.82) is 0 Å². The molecule has 0 aliphatic carbocycles. The summed E-state index contributed by atoms with van der Waals surface area (Å²) < 4.78 is 0.336. The molecular weight excluding hydrogens is 210 g/mol. The largest absolute Gasteiger partial charge is 0.481 e. The smallest absolute Gasteiger partial charge is 0.306 e. The second kappa shape index (κ2) is 4.93. The standard InChI is InChI=1S/C11H21NO4/c1-8(2)10(15)11(16,6-9(13)14)7-12(3,4)5/h8,16H,6-7H2,1-5H3/p+1/t11-/m1/s1. The van der Waals surface area contributed by atoms with Gasteiger partial charge in [0.25, 0.3) is 0 Å². The van der Waals surface area contributed by atoms with E-state index in [4.69, 9.17) is 5.11 Å². The first-order valence-electron chi connectivity index (χ1n) is 5.27. The summed E-state index contributed by atoms with van der Waals surface area (Å²) in [5, 5.41) is 19.0. The minimum absolute atomic E-state index is 0.0936. The molecule has 5 nitrogen and oxygen atoms in total. The van der Waals surface area contributed by atoms with E-state index in [0.717, 1.165) is 0 Å². The molecule has 0 aromatic carbocycles. The zero-order chi connectivity index (χ0) is 13.1. The van der Waals surface area contributed by atoms with Gasteiger partial charge in [-0.05, 0) is 0 Å². The van der Waals surface area contributed by atoms with E-state index in [1.807, 2.05) is 0 Å². The van der Waals surface area contributed by atoms with Crippen molar-refractivity contribution < 1.29 is 24.3 Å². The number of carbonyl (C=O) groups excluding carboxylic acids is 1. The van der Waals surface area contributed by atoms with E-state index in [9.17, 15) is 14.7 Å². The lowest BCUT2D eigenvalue weighted by Gasteiger charge is -2.34. The van der Waals surface area contributed by atoms with Crippen LogP contribution in [0.4, 0.5) is 0 Å². The number of carbonyl (C=O) groups is 2. The SMILES string of the molecule is CC(C)C(=O)[C@@](O)(CC(=O)O)C[N+](C)(C)C. The van der Waals surface area contributed by atoms with Gasteiger partial charge in [0.1, 0.15) is 6.54 Å². The molecule has 0 saturated carbocycles. The van der Waals surface area contributed by atoms with Crippen LogP contribution in [0.1, 0.15) is 20.3 Å². The van der Waals surface area contributed by atoms with Crippen LogP contribution in [0.25, 0.3) is 0 Å². The van der Waals surface area contributed by atoms with Crippen LogP contribution in [0.15, 0.2) is 0 Å². The average molecular weight is 232 g/mol.